The van der Waals surface area contributed by atoms with Crippen molar-refractivity contribution in [3.63, 3.8) is 0 Å². The third-order valence-electron chi connectivity index (χ3n) is 3.75. The number of fused-ring (bicyclic) bond motifs is 1. The first-order chi connectivity index (χ1) is 9.15. The molecule has 1 aliphatic heterocycles. The Morgan fingerprint density at radius 3 is 2.68 bits per heavy atom. The van der Waals surface area contributed by atoms with E-state index in [-0.39, 0.29) is 0 Å². The number of hydrogen-bond donors (Lipinski definition) is 0. The molecule has 0 aliphatic carbocycles. The summed E-state index contributed by atoms with van der Waals surface area (Å²) in [5.74, 6) is 1.08. The van der Waals surface area contributed by atoms with Crippen molar-refractivity contribution in [2.75, 3.05) is 7.05 Å². The molecule has 0 spiro atoms. The summed E-state index contributed by atoms with van der Waals surface area (Å²) in [7, 11) is 2.14. The number of aryl methyl sites for hydroxylation is 1. The highest BCUT2D eigenvalue weighted by Gasteiger charge is 2.24. The Morgan fingerprint density at radius 1 is 1.16 bits per heavy atom. The number of benzene rings is 1. The van der Waals surface area contributed by atoms with Crippen molar-refractivity contribution < 1.29 is 0 Å². The molecule has 3 heteroatoms. The van der Waals surface area contributed by atoms with Crippen LogP contribution in [0, 0.1) is 6.92 Å². The first-order valence-corrected chi connectivity index (χ1v) is 7.39. The lowest BCUT2D eigenvalue weighted by Crippen LogP contribution is -2.28. The van der Waals surface area contributed by atoms with Crippen LogP contribution in [0.25, 0.3) is 0 Å². The molecule has 2 heterocycles. The lowest BCUT2D eigenvalue weighted by atomic mass is 10.0. The molecule has 98 valence electrons. The number of amidine groups is 1. The number of hydrogen-bond acceptors (Lipinski definition) is 3. The van der Waals surface area contributed by atoms with E-state index in [1.807, 2.05) is 11.3 Å². The van der Waals surface area contributed by atoms with Crippen LogP contribution < -0.4 is 0 Å². The molecule has 1 aliphatic rings. The standard InChI is InChI=1S/C16H18N2S/c1-11-8-9-16(19-11)15-10-13-6-4-5-7-14(13)17-12(2)18(15)3/h4-9,15H,10H2,1-3H3. The molecule has 1 aromatic carbocycles. The van der Waals surface area contributed by atoms with Crippen molar-refractivity contribution in [2.45, 2.75) is 26.3 Å². The van der Waals surface area contributed by atoms with Crippen molar-refractivity contribution in [3.8, 4) is 0 Å². The highest BCUT2D eigenvalue weighted by molar-refractivity contribution is 7.12. The number of thiophene rings is 1. The number of likely N-dealkylation sites (N-methyl/N-ethyl adjacent to an activating group) is 1. The van der Waals surface area contributed by atoms with Gasteiger partial charge in [-0.2, -0.15) is 0 Å². The van der Waals surface area contributed by atoms with E-state index in [4.69, 9.17) is 4.99 Å². The Morgan fingerprint density at radius 2 is 1.95 bits per heavy atom. The number of aliphatic imine (C=N–C) groups is 1. The van der Waals surface area contributed by atoms with Gasteiger partial charge in [0.25, 0.3) is 0 Å². The van der Waals surface area contributed by atoms with E-state index in [9.17, 15) is 0 Å². The van der Waals surface area contributed by atoms with Gasteiger partial charge in [-0.25, -0.2) is 4.99 Å². The largest absolute Gasteiger partial charge is 0.355 e. The topological polar surface area (TPSA) is 15.6 Å². The molecular formula is C16H18N2S. The van der Waals surface area contributed by atoms with E-state index >= 15 is 0 Å². The van der Waals surface area contributed by atoms with Gasteiger partial charge in [0.1, 0.15) is 5.84 Å². The fourth-order valence-corrected chi connectivity index (χ4v) is 3.56. The van der Waals surface area contributed by atoms with Crippen LogP contribution in [0.2, 0.25) is 0 Å². The second-order valence-electron chi connectivity index (χ2n) is 5.07. The van der Waals surface area contributed by atoms with Crippen LogP contribution in [0.15, 0.2) is 41.4 Å². The van der Waals surface area contributed by atoms with Gasteiger partial charge in [-0.3, -0.25) is 0 Å². The summed E-state index contributed by atoms with van der Waals surface area (Å²) in [6, 6.07) is 13.3. The molecule has 0 saturated carbocycles. The van der Waals surface area contributed by atoms with Crippen molar-refractivity contribution in [3.05, 3.63) is 51.7 Å². The molecule has 0 fully saturated rings. The Kier molecular flexibility index (Phi) is 3.15. The lowest BCUT2D eigenvalue weighted by Gasteiger charge is -2.27. The van der Waals surface area contributed by atoms with Crippen LogP contribution in [0.5, 0.6) is 0 Å². The van der Waals surface area contributed by atoms with Crippen LogP contribution in [0.3, 0.4) is 0 Å². The second kappa shape index (κ2) is 4.82. The number of rotatable bonds is 1. The summed E-state index contributed by atoms with van der Waals surface area (Å²) in [6.45, 7) is 4.26. The molecule has 0 N–H and O–H groups in total. The minimum Gasteiger partial charge on any atom is -0.355 e. The molecule has 1 aromatic heterocycles. The van der Waals surface area contributed by atoms with Gasteiger partial charge in [0.05, 0.1) is 11.7 Å². The van der Waals surface area contributed by atoms with E-state index < -0.39 is 0 Å². The molecule has 19 heavy (non-hydrogen) atoms. The third-order valence-corrected chi connectivity index (χ3v) is 4.86. The molecule has 0 radical (unpaired) electrons. The van der Waals surface area contributed by atoms with E-state index in [1.165, 1.54) is 15.3 Å². The molecule has 2 nitrogen and oxygen atoms in total. The average Bonchev–Trinajstić information content (AvgIpc) is 2.78. The van der Waals surface area contributed by atoms with Crippen molar-refractivity contribution in [1.82, 2.24) is 4.90 Å². The van der Waals surface area contributed by atoms with Crippen LogP contribution in [-0.2, 0) is 6.42 Å². The highest BCUT2D eigenvalue weighted by Crippen LogP contribution is 2.35. The van der Waals surface area contributed by atoms with Gasteiger partial charge in [-0.15, -0.1) is 11.3 Å². The third kappa shape index (κ3) is 2.30. The zero-order chi connectivity index (χ0) is 13.4. The van der Waals surface area contributed by atoms with Gasteiger partial charge >= 0.3 is 0 Å². The highest BCUT2D eigenvalue weighted by atomic mass is 32.1. The van der Waals surface area contributed by atoms with Crippen molar-refractivity contribution in [1.29, 1.82) is 0 Å². The summed E-state index contributed by atoms with van der Waals surface area (Å²) in [6.07, 6.45) is 1.02. The predicted molar refractivity (Wildman–Crippen MR) is 82.5 cm³/mol. The van der Waals surface area contributed by atoms with Gasteiger partial charge in [-0.1, -0.05) is 18.2 Å². The Balaban J connectivity index is 2.06. The summed E-state index contributed by atoms with van der Waals surface area (Å²) in [5, 5.41) is 0. The van der Waals surface area contributed by atoms with Crippen LogP contribution in [-0.4, -0.2) is 17.8 Å². The Labute approximate surface area is 118 Å². The van der Waals surface area contributed by atoms with Gasteiger partial charge in [0, 0.05) is 16.8 Å². The summed E-state index contributed by atoms with van der Waals surface area (Å²) in [4.78, 5) is 9.84. The van der Waals surface area contributed by atoms with E-state index in [1.54, 1.807) is 0 Å². The normalized spacial score (nSPS) is 18.8. The molecular weight excluding hydrogens is 252 g/mol. The molecule has 1 atom stereocenters. The first kappa shape index (κ1) is 12.4. The zero-order valence-electron chi connectivity index (χ0n) is 11.6. The van der Waals surface area contributed by atoms with Gasteiger partial charge in [-0.05, 0) is 44.0 Å². The SMILES string of the molecule is CC1=Nc2ccccc2CC(c2ccc(C)s2)N1C. The maximum absolute atomic E-state index is 4.75. The molecule has 1 unspecified atom stereocenters. The van der Waals surface area contributed by atoms with E-state index in [2.05, 4.69) is 62.2 Å². The van der Waals surface area contributed by atoms with Crippen molar-refractivity contribution >= 4 is 22.9 Å². The van der Waals surface area contributed by atoms with Gasteiger partial charge < -0.3 is 4.90 Å². The minimum absolute atomic E-state index is 0.395. The fourth-order valence-electron chi connectivity index (χ4n) is 2.54. The predicted octanol–water partition coefficient (Wildman–Crippen LogP) is 4.34. The molecule has 0 bridgehead atoms. The monoisotopic (exact) mass is 270 g/mol. The summed E-state index contributed by atoms with van der Waals surface area (Å²) >= 11 is 1.89. The Hall–Kier alpha value is -1.61. The quantitative estimate of drug-likeness (QED) is 0.753. The van der Waals surface area contributed by atoms with Crippen molar-refractivity contribution in [2.24, 2.45) is 4.99 Å². The molecule has 3 rings (SSSR count). The van der Waals surface area contributed by atoms with Crippen LogP contribution in [0.4, 0.5) is 5.69 Å². The Bertz CT molecular complexity index is 627. The first-order valence-electron chi connectivity index (χ1n) is 6.57. The zero-order valence-corrected chi connectivity index (χ0v) is 12.4. The molecule has 2 aromatic rings. The maximum atomic E-state index is 4.75. The molecule has 0 saturated heterocycles. The van der Waals surface area contributed by atoms with E-state index in [0.717, 1.165) is 17.9 Å². The van der Waals surface area contributed by atoms with Gasteiger partial charge in [0.2, 0.25) is 0 Å². The fraction of sp³-hybridized carbons (Fsp3) is 0.312. The maximum Gasteiger partial charge on any atom is 0.102 e. The summed E-state index contributed by atoms with van der Waals surface area (Å²) in [5.41, 5.74) is 2.45. The lowest BCUT2D eigenvalue weighted by molar-refractivity contribution is 0.380. The average molecular weight is 270 g/mol. The minimum atomic E-state index is 0.395. The van der Waals surface area contributed by atoms with Crippen LogP contribution in [0.1, 0.15) is 28.3 Å². The number of nitrogens with zero attached hydrogens (tertiary/aromatic N) is 2. The summed E-state index contributed by atoms with van der Waals surface area (Å²) < 4.78 is 0. The van der Waals surface area contributed by atoms with Crippen LogP contribution >= 0.6 is 11.3 Å². The molecule has 0 amide bonds. The second-order valence-corrected chi connectivity index (χ2v) is 6.39. The van der Waals surface area contributed by atoms with E-state index in [0.29, 0.717) is 6.04 Å². The smallest absolute Gasteiger partial charge is 0.102 e. The van der Waals surface area contributed by atoms with Gasteiger partial charge in [0.15, 0.2) is 0 Å². The number of para-hydroxylation sites is 1.